The van der Waals surface area contributed by atoms with Crippen molar-refractivity contribution in [2.24, 2.45) is 11.3 Å². The van der Waals surface area contributed by atoms with E-state index in [1.54, 1.807) is 0 Å². The summed E-state index contributed by atoms with van der Waals surface area (Å²) in [6.07, 6.45) is 2.51. The van der Waals surface area contributed by atoms with Gasteiger partial charge in [0.1, 0.15) is 0 Å². The van der Waals surface area contributed by atoms with Crippen molar-refractivity contribution in [2.45, 2.75) is 39.7 Å². The largest absolute Gasteiger partial charge is 0.310 e. The molecule has 2 rings (SSSR count). The van der Waals surface area contributed by atoms with E-state index in [4.69, 9.17) is 0 Å². The normalized spacial score (nSPS) is 22.1. The summed E-state index contributed by atoms with van der Waals surface area (Å²) in [4.78, 5) is 2.44. The molecule has 0 spiro atoms. The van der Waals surface area contributed by atoms with Crippen molar-refractivity contribution in [3.05, 3.63) is 35.9 Å². The Labute approximate surface area is 124 Å². The molecule has 1 fully saturated rings. The van der Waals surface area contributed by atoms with Crippen molar-refractivity contribution in [1.29, 1.82) is 0 Å². The molecule has 1 saturated heterocycles. The molecule has 0 aromatic heterocycles. The molecule has 0 radical (unpaired) electrons. The topological polar surface area (TPSA) is 15.3 Å². The van der Waals surface area contributed by atoms with E-state index in [-0.39, 0.29) is 0 Å². The molecule has 2 heteroatoms. The van der Waals surface area contributed by atoms with Gasteiger partial charge in [0.15, 0.2) is 0 Å². The zero-order chi connectivity index (χ0) is 14.6. The van der Waals surface area contributed by atoms with Crippen molar-refractivity contribution in [3.8, 4) is 0 Å². The average molecular weight is 274 g/mol. The molecule has 1 aromatic carbocycles. The Morgan fingerprint density at radius 1 is 1.25 bits per heavy atom. The van der Waals surface area contributed by atoms with Crippen LogP contribution in [0.15, 0.2) is 30.3 Å². The highest BCUT2D eigenvalue weighted by molar-refractivity contribution is 5.19. The van der Waals surface area contributed by atoms with Crippen LogP contribution in [-0.2, 0) is 0 Å². The van der Waals surface area contributed by atoms with Crippen molar-refractivity contribution < 1.29 is 0 Å². The lowest BCUT2D eigenvalue weighted by atomic mass is 9.85. The number of hydrogen-bond donors (Lipinski definition) is 1. The third kappa shape index (κ3) is 4.92. The van der Waals surface area contributed by atoms with E-state index in [1.165, 1.54) is 31.5 Å². The SMILES string of the molecule is CN1CCC(CNC(CC(C)(C)C)c2ccccc2)C1. The smallest absolute Gasteiger partial charge is 0.0325 e. The summed E-state index contributed by atoms with van der Waals surface area (Å²) in [5.74, 6) is 0.811. The molecule has 1 aliphatic rings. The Morgan fingerprint density at radius 2 is 1.95 bits per heavy atom. The summed E-state index contributed by atoms with van der Waals surface area (Å²) in [5.41, 5.74) is 1.77. The van der Waals surface area contributed by atoms with Gasteiger partial charge in [-0.2, -0.15) is 0 Å². The average Bonchev–Trinajstić information content (AvgIpc) is 2.80. The zero-order valence-corrected chi connectivity index (χ0v) is 13.5. The lowest BCUT2D eigenvalue weighted by Gasteiger charge is -2.28. The van der Waals surface area contributed by atoms with Crippen LogP contribution in [0.2, 0.25) is 0 Å². The molecule has 0 bridgehead atoms. The fourth-order valence-corrected chi connectivity index (χ4v) is 3.11. The highest BCUT2D eigenvalue weighted by atomic mass is 15.1. The monoisotopic (exact) mass is 274 g/mol. The van der Waals surface area contributed by atoms with Crippen LogP contribution in [0.3, 0.4) is 0 Å². The van der Waals surface area contributed by atoms with Crippen LogP contribution in [0.1, 0.15) is 45.2 Å². The third-order valence-electron chi connectivity index (χ3n) is 4.16. The molecular weight excluding hydrogens is 244 g/mol. The number of benzene rings is 1. The molecule has 0 aliphatic carbocycles. The summed E-state index contributed by atoms with van der Waals surface area (Å²) in [6, 6.07) is 11.4. The summed E-state index contributed by atoms with van der Waals surface area (Å²) in [7, 11) is 2.23. The van der Waals surface area contributed by atoms with Gasteiger partial charge in [-0.15, -0.1) is 0 Å². The van der Waals surface area contributed by atoms with Gasteiger partial charge < -0.3 is 10.2 Å². The lowest BCUT2D eigenvalue weighted by molar-refractivity contribution is 0.298. The van der Waals surface area contributed by atoms with Crippen LogP contribution in [0.5, 0.6) is 0 Å². The minimum absolute atomic E-state index is 0.347. The summed E-state index contributed by atoms with van der Waals surface area (Å²) in [6.45, 7) is 10.6. The lowest BCUT2D eigenvalue weighted by Crippen LogP contribution is -2.31. The van der Waals surface area contributed by atoms with Crippen LogP contribution < -0.4 is 5.32 Å². The Morgan fingerprint density at radius 3 is 2.50 bits per heavy atom. The van der Waals surface area contributed by atoms with Crippen molar-refractivity contribution in [2.75, 3.05) is 26.7 Å². The Balaban J connectivity index is 1.96. The second-order valence-electron chi connectivity index (χ2n) is 7.55. The predicted octanol–water partition coefficient (Wildman–Crippen LogP) is 3.71. The fourth-order valence-electron chi connectivity index (χ4n) is 3.11. The molecule has 1 heterocycles. The third-order valence-corrected chi connectivity index (χ3v) is 4.16. The first-order valence-corrected chi connectivity index (χ1v) is 7.91. The molecule has 2 nitrogen and oxygen atoms in total. The molecule has 2 unspecified atom stereocenters. The first-order valence-electron chi connectivity index (χ1n) is 7.91. The molecule has 1 aliphatic heterocycles. The maximum absolute atomic E-state index is 3.83. The van der Waals surface area contributed by atoms with Crippen LogP contribution in [0.4, 0.5) is 0 Å². The van der Waals surface area contributed by atoms with Gasteiger partial charge in [-0.25, -0.2) is 0 Å². The van der Waals surface area contributed by atoms with E-state index in [9.17, 15) is 0 Å². The van der Waals surface area contributed by atoms with Gasteiger partial charge in [-0.1, -0.05) is 51.1 Å². The van der Waals surface area contributed by atoms with Crippen LogP contribution in [0, 0.1) is 11.3 Å². The molecule has 1 aromatic rings. The molecule has 2 atom stereocenters. The number of hydrogen-bond acceptors (Lipinski definition) is 2. The second kappa shape index (κ2) is 6.73. The van der Waals surface area contributed by atoms with Gasteiger partial charge in [0.25, 0.3) is 0 Å². The Kier molecular flexibility index (Phi) is 5.22. The molecule has 20 heavy (non-hydrogen) atoms. The summed E-state index contributed by atoms with van der Waals surface area (Å²) in [5, 5.41) is 3.83. The van der Waals surface area contributed by atoms with E-state index in [0.717, 1.165) is 12.5 Å². The summed E-state index contributed by atoms with van der Waals surface area (Å²) < 4.78 is 0. The van der Waals surface area contributed by atoms with Gasteiger partial charge in [0, 0.05) is 12.6 Å². The van der Waals surface area contributed by atoms with Crippen LogP contribution >= 0.6 is 0 Å². The van der Waals surface area contributed by atoms with E-state index < -0.39 is 0 Å². The second-order valence-corrected chi connectivity index (χ2v) is 7.55. The maximum Gasteiger partial charge on any atom is 0.0325 e. The molecule has 0 amide bonds. The van der Waals surface area contributed by atoms with Crippen molar-refractivity contribution in [1.82, 2.24) is 10.2 Å². The van der Waals surface area contributed by atoms with Gasteiger partial charge in [-0.3, -0.25) is 0 Å². The van der Waals surface area contributed by atoms with Crippen molar-refractivity contribution >= 4 is 0 Å². The minimum Gasteiger partial charge on any atom is -0.310 e. The number of nitrogens with one attached hydrogen (secondary N) is 1. The Hall–Kier alpha value is -0.860. The minimum atomic E-state index is 0.347. The van der Waals surface area contributed by atoms with E-state index in [2.05, 4.69) is 68.4 Å². The number of rotatable bonds is 5. The van der Waals surface area contributed by atoms with Crippen molar-refractivity contribution in [3.63, 3.8) is 0 Å². The van der Waals surface area contributed by atoms with Gasteiger partial charge in [-0.05, 0) is 49.9 Å². The fraction of sp³-hybridized carbons (Fsp3) is 0.667. The quantitative estimate of drug-likeness (QED) is 0.880. The molecule has 0 saturated carbocycles. The van der Waals surface area contributed by atoms with E-state index in [0.29, 0.717) is 11.5 Å². The highest BCUT2D eigenvalue weighted by Crippen LogP contribution is 2.29. The van der Waals surface area contributed by atoms with Gasteiger partial charge in [0.05, 0.1) is 0 Å². The highest BCUT2D eigenvalue weighted by Gasteiger charge is 2.23. The Bertz CT molecular complexity index is 394. The first-order chi connectivity index (χ1) is 9.44. The maximum atomic E-state index is 3.83. The van der Waals surface area contributed by atoms with Gasteiger partial charge in [0.2, 0.25) is 0 Å². The van der Waals surface area contributed by atoms with E-state index in [1.807, 2.05) is 0 Å². The zero-order valence-electron chi connectivity index (χ0n) is 13.5. The predicted molar refractivity (Wildman–Crippen MR) is 86.9 cm³/mol. The molecule has 112 valence electrons. The molecule has 1 N–H and O–H groups in total. The number of nitrogens with zero attached hydrogens (tertiary/aromatic N) is 1. The van der Waals surface area contributed by atoms with Crippen LogP contribution in [-0.4, -0.2) is 31.6 Å². The summed E-state index contributed by atoms with van der Waals surface area (Å²) >= 11 is 0. The van der Waals surface area contributed by atoms with E-state index >= 15 is 0 Å². The number of likely N-dealkylation sites (tertiary alicyclic amines) is 1. The van der Waals surface area contributed by atoms with Crippen LogP contribution in [0.25, 0.3) is 0 Å². The standard InChI is InChI=1S/C18H30N2/c1-18(2,3)12-17(16-8-6-5-7-9-16)19-13-15-10-11-20(4)14-15/h5-9,15,17,19H,10-14H2,1-4H3. The first kappa shape index (κ1) is 15.5. The molecular formula is C18H30N2. The van der Waals surface area contributed by atoms with Gasteiger partial charge >= 0.3 is 0 Å².